The highest BCUT2D eigenvalue weighted by atomic mass is 16.5. The molecular weight excluding hydrogens is 442 g/mol. The lowest BCUT2D eigenvalue weighted by molar-refractivity contribution is 0.0833. The van der Waals surface area contributed by atoms with E-state index in [2.05, 4.69) is 39.9 Å². The summed E-state index contributed by atoms with van der Waals surface area (Å²) in [5.41, 5.74) is 6.81. The molecule has 0 aliphatic carbocycles. The fourth-order valence-electron chi connectivity index (χ4n) is 4.84. The molecule has 1 N–H and O–H groups in total. The average Bonchev–Trinajstić information content (AvgIpc) is 3.31. The molecule has 3 aromatic rings. The van der Waals surface area contributed by atoms with Crippen LogP contribution in [0.1, 0.15) is 70.0 Å². The number of furan rings is 1. The van der Waals surface area contributed by atoms with E-state index in [1.54, 1.807) is 20.3 Å². The van der Waals surface area contributed by atoms with Crippen LogP contribution in [-0.2, 0) is 19.4 Å². The first-order valence-electron chi connectivity index (χ1n) is 12.0. The third kappa shape index (κ3) is 4.88. The molecule has 2 aromatic carbocycles. The van der Waals surface area contributed by atoms with Gasteiger partial charge in [0.05, 0.1) is 26.3 Å². The van der Waals surface area contributed by atoms with E-state index in [4.69, 9.17) is 18.6 Å². The Morgan fingerprint density at radius 2 is 1.66 bits per heavy atom. The van der Waals surface area contributed by atoms with Crippen molar-refractivity contribution < 1.29 is 23.4 Å². The molecule has 4 rings (SSSR count). The Morgan fingerprint density at radius 1 is 0.971 bits per heavy atom. The maximum atomic E-state index is 12.8. The Morgan fingerprint density at radius 3 is 2.31 bits per heavy atom. The number of fused-ring (bicyclic) bond motifs is 1. The third-order valence-corrected chi connectivity index (χ3v) is 7.08. The van der Waals surface area contributed by atoms with Crippen molar-refractivity contribution in [1.29, 1.82) is 0 Å². The van der Waals surface area contributed by atoms with Crippen LogP contribution in [-0.4, -0.2) is 25.7 Å². The van der Waals surface area contributed by atoms with Gasteiger partial charge in [0.15, 0.2) is 5.76 Å². The van der Waals surface area contributed by atoms with Crippen molar-refractivity contribution in [3.8, 4) is 17.2 Å². The van der Waals surface area contributed by atoms with Gasteiger partial charge in [0.2, 0.25) is 0 Å². The number of amides is 1. The maximum Gasteiger partial charge on any atom is 0.287 e. The number of benzene rings is 2. The van der Waals surface area contributed by atoms with E-state index >= 15 is 0 Å². The summed E-state index contributed by atoms with van der Waals surface area (Å²) in [5.74, 6) is 3.11. The normalized spacial score (nSPS) is 14.1. The fraction of sp³-hybridized carbons (Fsp3) is 0.414. The van der Waals surface area contributed by atoms with Crippen LogP contribution in [0.4, 0.5) is 0 Å². The molecule has 0 atom stereocenters. The molecule has 186 valence electrons. The summed E-state index contributed by atoms with van der Waals surface area (Å²) in [6, 6.07) is 9.14. The quantitative estimate of drug-likeness (QED) is 0.462. The van der Waals surface area contributed by atoms with Crippen molar-refractivity contribution >= 4 is 5.91 Å². The first-order chi connectivity index (χ1) is 16.6. The molecule has 0 saturated heterocycles. The van der Waals surface area contributed by atoms with Crippen molar-refractivity contribution in [3.05, 3.63) is 75.2 Å². The Balaban J connectivity index is 1.52. The molecule has 0 bridgehead atoms. The van der Waals surface area contributed by atoms with Crippen molar-refractivity contribution in [1.82, 2.24) is 5.32 Å². The molecule has 0 fully saturated rings. The highest BCUT2D eigenvalue weighted by molar-refractivity contribution is 5.91. The van der Waals surface area contributed by atoms with Gasteiger partial charge < -0.3 is 23.9 Å². The number of methoxy groups -OCH3 is 2. The highest BCUT2D eigenvalue weighted by Crippen LogP contribution is 2.41. The van der Waals surface area contributed by atoms with E-state index in [0.29, 0.717) is 17.9 Å². The molecule has 6 nitrogen and oxygen atoms in total. The van der Waals surface area contributed by atoms with Crippen LogP contribution in [0, 0.1) is 20.8 Å². The van der Waals surface area contributed by atoms with Crippen LogP contribution in [0.15, 0.2) is 34.7 Å². The third-order valence-electron chi connectivity index (χ3n) is 7.08. The van der Waals surface area contributed by atoms with Gasteiger partial charge in [0.1, 0.15) is 28.6 Å². The fourth-order valence-corrected chi connectivity index (χ4v) is 4.84. The van der Waals surface area contributed by atoms with Gasteiger partial charge in [-0.25, -0.2) is 0 Å². The molecule has 1 aliphatic heterocycles. The van der Waals surface area contributed by atoms with Crippen molar-refractivity contribution in [3.63, 3.8) is 0 Å². The number of carbonyl (C=O) groups excluding carboxylic acids is 1. The monoisotopic (exact) mass is 477 g/mol. The van der Waals surface area contributed by atoms with Gasteiger partial charge in [-0.15, -0.1) is 0 Å². The van der Waals surface area contributed by atoms with Gasteiger partial charge in [-0.3, -0.25) is 4.79 Å². The Labute approximate surface area is 207 Å². The van der Waals surface area contributed by atoms with Gasteiger partial charge in [-0.2, -0.15) is 0 Å². The van der Waals surface area contributed by atoms with E-state index in [-0.39, 0.29) is 23.8 Å². The zero-order chi connectivity index (χ0) is 25.3. The van der Waals surface area contributed by atoms with Gasteiger partial charge in [-0.1, -0.05) is 6.07 Å². The predicted octanol–water partition coefficient (Wildman–Crippen LogP) is 5.85. The molecule has 0 spiro atoms. The summed E-state index contributed by atoms with van der Waals surface area (Å²) in [7, 11) is 3.19. The largest absolute Gasteiger partial charge is 0.496 e. The molecular formula is C29H35NO5. The van der Waals surface area contributed by atoms with E-state index < -0.39 is 0 Å². The number of nitrogens with one attached hydrogen (secondary N) is 1. The summed E-state index contributed by atoms with van der Waals surface area (Å²) in [6.07, 6.45) is 2.62. The Bertz CT molecular complexity index is 1230. The molecule has 35 heavy (non-hydrogen) atoms. The molecule has 0 saturated carbocycles. The highest BCUT2D eigenvalue weighted by Gasteiger charge is 2.30. The van der Waals surface area contributed by atoms with E-state index in [1.807, 2.05) is 24.3 Å². The number of hydrogen-bond donors (Lipinski definition) is 1. The van der Waals surface area contributed by atoms with Crippen molar-refractivity contribution in [2.45, 2.75) is 66.0 Å². The maximum absolute atomic E-state index is 12.8. The summed E-state index contributed by atoms with van der Waals surface area (Å²) >= 11 is 0. The SMILES string of the molecule is COc1cccc(OC)c1CNC(=O)c1ccc(Cc2c(C)c(C)c3c(c2C)CCC(C)(C)O3)o1. The number of hydrogen-bond acceptors (Lipinski definition) is 5. The van der Waals surface area contributed by atoms with Gasteiger partial charge >= 0.3 is 0 Å². The smallest absolute Gasteiger partial charge is 0.287 e. The van der Waals surface area contributed by atoms with Gasteiger partial charge in [-0.05, 0) is 99.5 Å². The number of carbonyl (C=O) groups is 1. The summed E-state index contributed by atoms with van der Waals surface area (Å²) in [4.78, 5) is 12.8. The van der Waals surface area contributed by atoms with Crippen LogP contribution >= 0.6 is 0 Å². The molecule has 0 radical (unpaired) electrons. The van der Waals surface area contributed by atoms with E-state index in [1.165, 1.54) is 27.8 Å². The lowest BCUT2D eigenvalue weighted by Gasteiger charge is -2.35. The van der Waals surface area contributed by atoms with Crippen LogP contribution in [0.3, 0.4) is 0 Å². The standard InChI is InChI=1S/C29H35NO5/c1-17-18(2)27-21(13-14-29(4,5)35-27)19(3)22(17)15-20-11-12-26(34-20)28(31)30-16-23-24(32-6)9-8-10-25(23)33-7/h8-12H,13-16H2,1-7H3,(H,30,31). The summed E-state index contributed by atoms with van der Waals surface area (Å²) < 4.78 is 23.2. The second-order valence-corrected chi connectivity index (χ2v) is 9.79. The zero-order valence-electron chi connectivity index (χ0n) is 21.8. The topological polar surface area (TPSA) is 69.9 Å². The minimum atomic E-state index is -0.282. The molecule has 1 aliphatic rings. The Hall–Kier alpha value is -3.41. The predicted molar refractivity (Wildman–Crippen MR) is 136 cm³/mol. The number of ether oxygens (including phenoxy) is 3. The molecule has 1 aromatic heterocycles. The first kappa shape index (κ1) is 24.7. The van der Waals surface area contributed by atoms with Crippen molar-refractivity contribution in [2.75, 3.05) is 14.2 Å². The van der Waals surface area contributed by atoms with Crippen LogP contribution in [0.2, 0.25) is 0 Å². The van der Waals surface area contributed by atoms with E-state index in [9.17, 15) is 4.79 Å². The lowest BCUT2D eigenvalue weighted by Crippen LogP contribution is -2.33. The lowest BCUT2D eigenvalue weighted by atomic mass is 9.84. The second-order valence-electron chi connectivity index (χ2n) is 9.79. The van der Waals surface area contributed by atoms with Gasteiger partial charge in [0, 0.05) is 6.42 Å². The van der Waals surface area contributed by atoms with E-state index in [0.717, 1.165) is 29.9 Å². The average molecular weight is 478 g/mol. The summed E-state index contributed by atoms with van der Waals surface area (Å²) in [6.45, 7) is 11.0. The minimum absolute atomic E-state index is 0.144. The van der Waals surface area contributed by atoms with Crippen LogP contribution in [0.5, 0.6) is 17.2 Å². The van der Waals surface area contributed by atoms with Crippen LogP contribution in [0.25, 0.3) is 0 Å². The minimum Gasteiger partial charge on any atom is -0.496 e. The first-order valence-corrected chi connectivity index (χ1v) is 12.0. The van der Waals surface area contributed by atoms with Crippen LogP contribution < -0.4 is 19.5 Å². The van der Waals surface area contributed by atoms with Gasteiger partial charge in [0.25, 0.3) is 5.91 Å². The summed E-state index contributed by atoms with van der Waals surface area (Å²) in [5, 5.41) is 2.91. The number of rotatable bonds is 7. The molecule has 1 amide bonds. The Kier molecular flexibility index (Phi) is 6.84. The molecule has 2 heterocycles. The zero-order valence-corrected chi connectivity index (χ0v) is 21.8. The van der Waals surface area contributed by atoms with Crippen molar-refractivity contribution in [2.24, 2.45) is 0 Å². The molecule has 6 heteroatoms. The molecule has 0 unspecified atom stereocenters. The second kappa shape index (κ2) is 9.68.